The van der Waals surface area contributed by atoms with Crippen molar-refractivity contribution in [1.29, 1.82) is 0 Å². The zero-order valence-corrected chi connectivity index (χ0v) is 9.18. The van der Waals surface area contributed by atoms with E-state index in [0.717, 1.165) is 31.6 Å². The highest BCUT2D eigenvalue weighted by atomic mass is 16.5. The van der Waals surface area contributed by atoms with Gasteiger partial charge in [0.15, 0.2) is 0 Å². The molecule has 1 fully saturated rings. The number of hydrogen-bond donors (Lipinski definition) is 1. The Hall–Kier alpha value is -0.0800. The SMILES string of the molecule is CCNC(CC1CCOC1)C(C)C. The first-order valence-electron chi connectivity index (χ1n) is 5.55. The Balaban J connectivity index is 2.27. The molecule has 0 aromatic rings. The number of ether oxygens (including phenoxy) is 1. The molecule has 0 radical (unpaired) electrons. The largest absolute Gasteiger partial charge is 0.381 e. The molecule has 1 aliphatic heterocycles. The molecule has 1 heterocycles. The Labute approximate surface area is 82.0 Å². The van der Waals surface area contributed by atoms with Crippen LogP contribution in [0, 0.1) is 11.8 Å². The van der Waals surface area contributed by atoms with Crippen molar-refractivity contribution in [3.8, 4) is 0 Å². The second-order valence-corrected chi connectivity index (χ2v) is 4.37. The Morgan fingerprint density at radius 1 is 1.46 bits per heavy atom. The third-order valence-electron chi connectivity index (χ3n) is 2.88. The molecule has 0 aromatic carbocycles. The van der Waals surface area contributed by atoms with Gasteiger partial charge in [0.25, 0.3) is 0 Å². The summed E-state index contributed by atoms with van der Waals surface area (Å²) in [5.41, 5.74) is 0. The Bertz CT molecular complexity index is 130. The van der Waals surface area contributed by atoms with Crippen LogP contribution in [0.1, 0.15) is 33.6 Å². The van der Waals surface area contributed by atoms with Gasteiger partial charge in [-0.1, -0.05) is 20.8 Å². The van der Waals surface area contributed by atoms with Crippen LogP contribution >= 0.6 is 0 Å². The fraction of sp³-hybridized carbons (Fsp3) is 1.00. The van der Waals surface area contributed by atoms with Gasteiger partial charge in [-0.15, -0.1) is 0 Å². The zero-order valence-electron chi connectivity index (χ0n) is 9.18. The first-order valence-corrected chi connectivity index (χ1v) is 5.55. The van der Waals surface area contributed by atoms with Crippen molar-refractivity contribution < 1.29 is 4.74 Å². The van der Waals surface area contributed by atoms with Crippen LogP contribution in [0.25, 0.3) is 0 Å². The molecular formula is C11H23NO. The van der Waals surface area contributed by atoms with Gasteiger partial charge in [0, 0.05) is 19.3 Å². The van der Waals surface area contributed by atoms with Gasteiger partial charge in [0.1, 0.15) is 0 Å². The van der Waals surface area contributed by atoms with Crippen LogP contribution in [0.4, 0.5) is 0 Å². The molecule has 78 valence electrons. The quantitative estimate of drug-likeness (QED) is 0.708. The minimum atomic E-state index is 0.677. The molecular weight excluding hydrogens is 162 g/mol. The third kappa shape index (κ3) is 3.65. The first-order chi connectivity index (χ1) is 6.24. The monoisotopic (exact) mass is 185 g/mol. The molecule has 0 spiro atoms. The molecule has 1 rings (SSSR count). The summed E-state index contributed by atoms with van der Waals surface area (Å²) in [5.74, 6) is 1.53. The van der Waals surface area contributed by atoms with Crippen LogP contribution in [0.3, 0.4) is 0 Å². The molecule has 2 atom stereocenters. The minimum absolute atomic E-state index is 0.677. The Morgan fingerprint density at radius 3 is 2.69 bits per heavy atom. The lowest BCUT2D eigenvalue weighted by Gasteiger charge is -2.24. The van der Waals surface area contributed by atoms with Crippen molar-refractivity contribution in [2.45, 2.75) is 39.7 Å². The van der Waals surface area contributed by atoms with E-state index in [9.17, 15) is 0 Å². The highest BCUT2D eigenvalue weighted by Crippen LogP contribution is 2.21. The third-order valence-corrected chi connectivity index (χ3v) is 2.88. The number of nitrogens with one attached hydrogen (secondary N) is 1. The molecule has 0 bridgehead atoms. The predicted molar refractivity (Wildman–Crippen MR) is 55.8 cm³/mol. The maximum absolute atomic E-state index is 5.39. The van der Waals surface area contributed by atoms with E-state index >= 15 is 0 Å². The van der Waals surface area contributed by atoms with Crippen LogP contribution < -0.4 is 5.32 Å². The summed E-state index contributed by atoms with van der Waals surface area (Å²) in [7, 11) is 0. The molecule has 1 N–H and O–H groups in total. The standard InChI is InChI=1S/C11H23NO/c1-4-12-11(9(2)3)7-10-5-6-13-8-10/h9-12H,4-8H2,1-3H3. The van der Waals surface area contributed by atoms with Gasteiger partial charge in [-0.05, 0) is 31.2 Å². The van der Waals surface area contributed by atoms with E-state index in [4.69, 9.17) is 4.74 Å². The van der Waals surface area contributed by atoms with Gasteiger partial charge in [-0.25, -0.2) is 0 Å². The summed E-state index contributed by atoms with van der Waals surface area (Å²) in [6, 6.07) is 0.677. The predicted octanol–water partition coefficient (Wildman–Crippen LogP) is 2.05. The van der Waals surface area contributed by atoms with E-state index in [0.29, 0.717) is 6.04 Å². The van der Waals surface area contributed by atoms with Gasteiger partial charge in [0.05, 0.1) is 0 Å². The van der Waals surface area contributed by atoms with Crippen LogP contribution in [-0.2, 0) is 4.74 Å². The van der Waals surface area contributed by atoms with Crippen molar-refractivity contribution in [2.24, 2.45) is 11.8 Å². The van der Waals surface area contributed by atoms with Gasteiger partial charge in [-0.3, -0.25) is 0 Å². The molecule has 0 amide bonds. The smallest absolute Gasteiger partial charge is 0.0495 e. The summed E-state index contributed by atoms with van der Waals surface area (Å²) < 4.78 is 5.39. The molecule has 1 saturated heterocycles. The van der Waals surface area contributed by atoms with Crippen LogP contribution in [0.15, 0.2) is 0 Å². The molecule has 2 unspecified atom stereocenters. The molecule has 0 aromatic heterocycles. The fourth-order valence-electron chi connectivity index (χ4n) is 1.98. The molecule has 2 nitrogen and oxygen atoms in total. The van der Waals surface area contributed by atoms with Crippen LogP contribution in [-0.4, -0.2) is 25.8 Å². The van der Waals surface area contributed by atoms with Crippen molar-refractivity contribution in [1.82, 2.24) is 5.32 Å². The van der Waals surface area contributed by atoms with Crippen molar-refractivity contribution in [2.75, 3.05) is 19.8 Å². The van der Waals surface area contributed by atoms with Crippen LogP contribution in [0.2, 0.25) is 0 Å². The van der Waals surface area contributed by atoms with Gasteiger partial charge < -0.3 is 10.1 Å². The van der Waals surface area contributed by atoms with Gasteiger partial charge in [0.2, 0.25) is 0 Å². The lowest BCUT2D eigenvalue weighted by atomic mass is 9.92. The van der Waals surface area contributed by atoms with E-state index in [1.165, 1.54) is 12.8 Å². The first kappa shape index (κ1) is 11.0. The summed E-state index contributed by atoms with van der Waals surface area (Å²) in [5, 5.41) is 3.55. The Kier molecular flexibility index (Phi) is 4.74. The van der Waals surface area contributed by atoms with Crippen molar-refractivity contribution in [3.63, 3.8) is 0 Å². The highest BCUT2D eigenvalue weighted by molar-refractivity contribution is 4.76. The molecule has 0 saturated carbocycles. The van der Waals surface area contributed by atoms with Crippen LogP contribution in [0.5, 0.6) is 0 Å². The fourth-order valence-corrected chi connectivity index (χ4v) is 1.98. The average Bonchev–Trinajstić information content (AvgIpc) is 2.56. The topological polar surface area (TPSA) is 21.3 Å². The number of hydrogen-bond acceptors (Lipinski definition) is 2. The maximum atomic E-state index is 5.39. The molecule has 13 heavy (non-hydrogen) atoms. The van der Waals surface area contributed by atoms with Crippen molar-refractivity contribution >= 4 is 0 Å². The maximum Gasteiger partial charge on any atom is 0.0495 e. The van der Waals surface area contributed by atoms with Gasteiger partial charge >= 0.3 is 0 Å². The molecule has 2 heteroatoms. The van der Waals surface area contributed by atoms with E-state index < -0.39 is 0 Å². The summed E-state index contributed by atoms with van der Waals surface area (Å²) in [4.78, 5) is 0. The summed E-state index contributed by atoms with van der Waals surface area (Å²) in [6.45, 7) is 9.81. The minimum Gasteiger partial charge on any atom is -0.381 e. The summed E-state index contributed by atoms with van der Waals surface area (Å²) in [6.07, 6.45) is 2.54. The average molecular weight is 185 g/mol. The summed E-state index contributed by atoms with van der Waals surface area (Å²) >= 11 is 0. The second kappa shape index (κ2) is 5.61. The van der Waals surface area contributed by atoms with Crippen molar-refractivity contribution in [3.05, 3.63) is 0 Å². The van der Waals surface area contributed by atoms with E-state index in [-0.39, 0.29) is 0 Å². The molecule has 1 aliphatic rings. The zero-order chi connectivity index (χ0) is 9.68. The number of rotatable bonds is 5. The highest BCUT2D eigenvalue weighted by Gasteiger charge is 2.21. The van der Waals surface area contributed by atoms with Gasteiger partial charge in [-0.2, -0.15) is 0 Å². The lowest BCUT2D eigenvalue weighted by Crippen LogP contribution is -2.35. The van der Waals surface area contributed by atoms with E-state index in [1.807, 2.05) is 0 Å². The molecule has 0 aliphatic carbocycles. The Morgan fingerprint density at radius 2 is 2.23 bits per heavy atom. The van der Waals surface area contributed by atoms with E-state index in [1.54, 1.807) is 0 Å². The lowest BCUT2D eigenvalue weighted by molar-refractivity contribution is 0.179. The normalized spacial score (nSPS) is 25.4. The van der Waals surface area contributed by atoms with E-state index in [2.05, 4.69) is 26.1 Å². The second-order valence-electron chi connectivity index (χ2n) is 4.37.